The van der Waals surface area contributed by atoms with Crippen LogP contribution < -0.4 is 5.32 Å². The summed E-state index contributed by atoms with van der Waals surface area (Å²) in [6, 6.07) is 19.7. The summed E-state index contributed by atoms with van der Waals surface area (Å²) in [6.07, 6.45) is 5.55. The Morgan fingerprint density at radius 3 is 2.07 bits per heavy atom. The van der Waals surface area contributed by atoms with Crippen molar-refractivity contribution in [2.75, 3.05) is 6.54 Å². The van der Waals surface area contributed by atoms with Crippen LogP contribution in [0.4, 0.5) is 0 Å². The fourth-order valence-corrected chi connectivity index (χ4v) is 3.38. The van der Waals surface area contributed by atoms with Crippen molar-refractivity contribution < 1.29 is 9.90 Å². The van der Waals surface area contributed by atoms with Crippen LogP contribution in [0.5, 0.6) is 0 Å². The van der Waals surface area contributed by atoms with Gasteiger partial charge in [-0.25, -0.2) is 4.68 Å². The number of rotatable bonds is 10. The number of benzene rings is 2. The molecule has 30 heavy (non-hydrogen) atoms. The van der Waals surface area contributed by atoms with Crippen molar-refractivity contribution in [3.05, 3.63) is 109 Å². The van der Waals surface area contributed by atoms with Crippen LogP contribution in [0.3, 0.4) is 0 Å². The topological polar surface area (TPSA) is 80.0 Å². The monoisotopic (exact) mass is 402 g/mol. The van der Waals surface area contributed by atoms with Crippen LogP contribution in [-0.2, 0) is 0 Å². The average molecular weight is 402 g/mol. The van der Waals surface area contributed by atoms with Crippen LogP contribution >= 0.6 is 0 Å². The van der Waals surface area contributed by atoms with Gasteiger partial charge in [0.2, 0.25) is 0 Å². The lowest BCUT2D eigenvalue weighted by atomic mass is 9.95. The maximum absolute atomic E-state index is 12.6. The minimum Gasteiger partial charge on any atom is -0.387 e. The van der Waals surface area contributed by atoms with Crippen LogP contribution in [0, 0.1) is 0 Å². The fraction of sp³-hybridized carbons (Fsp3) is 0.208. The largest absolute Gasteiger partial charge is 0.387 e. The molecule has 6 nitrogen and oxygen atoms in total. The van der Waals surface area contributed by atoms with Crippen molar-refractivity contribution in [3.8, 4) is 0 Å². The minimum absolute atomic E-state index is 0.0670. The van der Waals surface area contributed by atoms with Crippen LogP contribution in [0.15, 0.2) is 92.2 Å². The van der Waals surface area contributed by atoms with Crippen molar-refractivity contribution in [1.82, 2.24) is 20.3 Å². The summed E-state index contributed by atoms with van der Waals surface area (Å²) in [5.41, 5.74) is 1.14. The molecule has 1 heterocycles. The van der Waals surface area contributed by atoms with Crippen molar-refractivity contribution >= 4 is 5.91 Å². The molecular formula is C24H26N4O2. The van der Waals surface area contributed by atoms with Crippen molar-refractivity contribution in [2.24, 2.45) is 0 Å². The molecule has 0 aliphatic heterocycles. The molecule has 0 saturated carbocycles. The Morgan fingerprint density at radius 1 is 1.03 bits per heavy atom. The van der Waals surface area contributed by atoms with Gasteiger partial charge in [-0.3, -0.25) is 4.79 Å². The van der Waals surface area contributed by atoms with Crippen LogP contribution in [0.25, 0.3) is 0 Å². The smallest absolute Gasteiger partial charge is 0.273 e. The van der Waals surface area contributed by atoms with E-state index in [0.29, 0.717) is 12.8 Å². The lowest BCUT2D eigenvalue weighted by molar-refractivity contribution is 0.0436. The zero-order valence-electron chi connectivity index (χ0n) is 16.8. The third-order valence-corrected chi connectivity index (χ3v) is 4.86. The number of nitrogens with zero attached hydrogens (tertiary/aromatic N) is 3. The molecule has 0 aliphatic carbocycles. The molecule has 3 aromatic rings. The van der Waals surface area contributed by atoms with Crippen molar-refractivity contribution in [2.45, 2.75) is 24.5 Å². The van der Waals surface area contributed by atoms with Gasteiger partial charge in [-0.1, -0.05) is 78.0 Å². The number of nitrogens with one attached hydrogen (secondary N) is 1. The Balaban J connectivity index is 1.81. The first-order chi connectivity index (χ1) is 14.6. The van der Waals surface area contributed by atoms with Crippen LogP contribution in [0.2, 0.25) is 0 Å². The average Bonchev–Trinajstić information content (AvgIpc) is 3.24. The molecule has 0 bridgehead atoms. The molecule has 154 valence electrons. The molecule has 2 N–H and O–H groups in total. The summed E-state index contributed by atoms with van der Waals surface area (Å²) >= 11 is 0. The molecule has 0 fully saturated rings. The normalized spacial score (nSPS) is 11.3. The van der Waals surface area contributed by atoms with Gasteiger partial charge >= 0.3 is 0 Å². The maximum atomic E-state index is 12.6. The van der Waals surface area contributed by atoms with Gasteiger partial charge in [0.15, 0.2) is 5.69 Å². The van der Waals surface area contributed by atoms with E-state index in [-0.39, 0.29) is 18.3 Å². The zero-order chi connectivity index (χ0) is 21.4. The third-order valence-electron chi connectivity index (χ3n) is 4.86. The number of aliphatic hydroxyl groups is 1. The molecule has 0 saturated heterocycles. The molecule has 6 heteroatoms. The van der Waals surface area contributed by atoms with Gasteiger partial charge < -0.3 is 10.4 Å². The van der Waals surface area contributed by atoms with Gasteiger partial charge in [-0.05, 0) is 24.0 Å². The number of amides is 1. The summed E-state index contributed by atoms with van der Waals surface area (Å²) in [5.74, 6) is -0.396. The fourth-order valence-electron chi connectivity index (χ4n) is 3.38. The Bertz CT molecular complexity index is 933. The SMILES string of the molecule is C=CCC(O)(CC=C)CNC(=O)c1cn(C(c2ccccc2)c2ccccc2)nn1. The number of hydrogen-bond donors (Lipinski definition) is 2. The van der Waals surface area contributed by atoms with Crippen molar-refractivity contribution in [3.63, 3.8) is 0 Å². The Morgan fingerprint density at radius 2 is 1.57 bits per heavy atom. The van der Waals surface area contributed by atoms with Gasteiger partial charge in [-0.2, -0.15) is 0 Å². The maximum Gasteiger partial charge on any atom is 0.273 e. The van der Waals surface area contributed by atoms with E-state index in [1.165, 1.54) is 0 Å². The summed E-state index contributed by atoms with van der Waals surface area (Å²) in [5, 5.41) is 21.6. The van der Waals surface area contributed by atoms with E-state index in [0.717, 1.165) is 11.1 Å². The number of aromatic nitrogens is 3. The first-order valence-corrected chi connectivity index (χ1v) is 9.80. The van der Waals surface area contributed by atoms with E-state index in [1.54, 1.807) is 23.0 Å². The molecule has 3 rings (SSSR count). The summed E-state index contributed by atoms with van der Waals surface area (Å²) in [7, 11) is 0. The highest BCUT2D eigenvalue weighted by molar-refractivity contribution is 5.91. The molecular weight excluding hydrogens is 376 g/mol. The van der Waals surface area contributed by atoms with E-state index < -0.39 is 11.5 Å². The highest BCUT2D eigenvalue weighted by atomic mass is 16.3. The lowest BCUT2D eigenvalue weighted by Gasteiger charge is -2.25. The first-order valence-electron chi connectivity index (χ1n) is 9.80. The second-order valence-electron chi connectivity index (χ2n) is 7.20. The molecule has 0 atom stereocenters. The second-order valence-corrected chi connectivity index (χ2v) is 7.20. The highest BCUT2D eigenvalue weighted by Gasteiger charge is 2.26. The molecule has 2 aromatic carbocycles. The Kier molecular flexibility index (Phi) is 6.93. The Labute approximate surface area is 176 Å². The van der Waals surface area contributed by atoms with Crippen LogP contribution in [0.1, 0.15) is 40.5 Å². The van der Waals surface area contributed by atoms with Gasteiger partial charge in [0.1, 0.15) is 6.04 Å². The first kappa shape index (κ1) is 21.2. The molecule has 1 aromatic heterocycles. The zero-order valence-corrected chi connectivity index (χ0v) is 16.8. The van der Waals surface area contributed by atoms with Gasteiger partial charge in [0, 0.05) is 6.54 Å². The predicted molar refractivity (Wildman–Crippen MR) is 117 cm³/mol. The summed E-state index contributed by atoms with van der Waals surface area (Å²) < 4.78 is 1.68. The third kappa shape index (κ3) is 5.10. The number of carbonyl (C=O) groups is 1. The van der Waals surface area contributed by atoms with E-state index in [4.69, 9.17) is 0 Å². The van der Waals surface area contributed by atoms with E-state index >= 15 is 0 Å². The van der Waals surface area contributed by atoms with Crippen LogP contribution in [-0.4, -0.2) is 38.2 Å². The number of carbonyl (C=O) groups excluding carboxylic acids is 1. The van der Waals surface area contributed by atoms with Gasteiger partial charge in [0.25, 0.3) is 5.91 Å². The predicted octanol–water partition coefficient (Wildman–Crippen LogP) is 3.53. The summed E-state index contributed by atoms with van der Waals surface area (Å²) in [6.45, 7) is 7.39. The van der Waals surface area contributed by atoms with Gasteiger partial charge in [0.05, 0.1) is 11.8 Å². The van der Waals surface area contributed by atoms with E-state index in [9.17, 15) is 9.90 Å². The lowest BCUT2D eigenvalue weighted by Crippen LogP contribution is -2.42. The van der Waals surface area contributed by atoms with E-state index in [2.05, 4.69) is 28.8 Å². The standard InChI is InChI=1S/C24H26N4O2/c1-3-15-24(30,16-4-2)18-25-23(29)21-17-28(27-26-21)22(19-11-7-5-8-12-19)20-13-9-6-10-14-20/h3-14,17,22,30H,1-2,15-16,18H2,(H,25,29). The molecule has 0 spiro atoms. The molecule has 0 unspecified atom stereocenters. The van der Waals surface area contributed by atoms with Crippen molar-refractivity contribution in [1.29, 1.82) is 0 Å². The summed E-state index contributed by atoms with van der Waals surface area (Å²) in [4.78, 5) is 12.6. The molecule has 1 amide bonds. The van der Waals surface area contributed by atoms with Gasteiger partial charge in [-0.15, -0.1) is 18.3 Å². The second kappa shape index (κ2) is 9.80. The van der Waals surface area contributed by atoms with E-state index in [1.807, 2.05) is 60.7 Å². The molecule has 0 radical (unpaired) electrons. The molecule has 0 aliphatic rings. The number of hydrogen-bond acceptors (Lipinski definition) is 4. The highest BCUT2D eigenvalue weighted by Crippen LogP contribution is 2.25. The Hall–Kier alpha value is -3.51. The quantitative estimate of drug-likeness (QED) is 0.509. The minimum atomic E-state index is -1.12.